The molecule has 0 saturated carbocycles. The number of halogens is 2. The fourth-order valence-corrected chi connectivity index (χ4v) is 2.42. The van der Waals surface area contributed by atoms with Gasteiger partial charge in [0, 0.05) is 5.02 Å². The lowest BCUT2D eigenvalue weighted by Crippen LogP contribution is -1.97. The number of ether oxygens (including phenoxy) is 1. The first-order valence-corrected chi connectivity index (χ1v) is 6.94. The molecule has 0 aliphatic rings. The summed E-state index contributed by atoms with van der Waals surface area (Å²) >= 11 is 12.5. The van der Waals surface area contributed by atoms with E-state index in [1.165, 1.54) is 0 Å². The van der Waals surface area contributed by atoms with Gasteiger partial charge in [0.15, 0.2) is 0 Å². The van der Waals surface area contributed by atoms with Gasteiger partial charge in [-0.05, 0) is 48.2 Å². The Morgan fingerprint density at radius 3 is 2.63 bits per heavy atom. The zero-order valence-corrected chi connectivity index (χ0v) is 12.5. The Morgan fingerprint density at radius 1 is 1.16 bits per heavy atom. The number of hydrogen-bond donors (Lipinski definition) is 0. The van der Waals surface area contributed by atoms with Crippen molar-refractivity contribution in [2.45, 2.75) is 18.7 Å². The van der Waals surface area contributed by atoms with Crippen molar-refractivity contribution in [3.05, 3.63) is 64.2 Å². The third kappa shape index (κ3) is 3.65. The maximum atomic E-state index is 6.48. The standard InChI is InChI=1S/C16H16Cl2O/c1-11-8-13(6-7-15(11)17)16(18)10-12-4-3-5-14(9-12)19-2/h3-9,16H,10H2,1-2H3. The van der Waals surface area contributed by atoms with E-state index in [0.29, 0.717) is 0 Å². The minimum atomic E-state index is -0.0666. The molecule has 0 aliphatic carbocycles. The van der Waals surface area contributed by atoms with E-state index < -0.39 is 0 Å². The van der Waals surface area contributed by atoms with E-state index in [0.717, 1.165) is 33.9 Å². The average Bonchev–Trinajstić information content (AvgIpc) is 2.42. The number of hydrogen-bond acceptors (Lipinski definition) is 1. The van der Waals surface area contributed by atoms with E-state index in [4.69, 9.17) is 27.9 Å². The summed E-state index contributed by atoms with van der Waals surface area (Å²) in [5.41, 5.74) is 3.30. The maximum absolute atomic E-state index is 6.48. The zero-order valence-electron chi connectivity index (χ0n) is 11.0. The first-order chi connectivity index (χ1) is 9.10. The van der Waals surface area contributed by atoms with Crippen molar-refractivity contribution in [1.82, 2.24) is 0 Å². The van der Waals surface area contributed by atoms with Gasteiger partial charge in [-0.25, -0.2) is 0 Å². The van der Waals surface area contributed by atoms with Crippen LogP contribution in [-0.4, -0.2) is 7.11 Å². The molecule has 0 N–H and O–H groups in total. The van der Waals surface area contributed by atoms with Crippen LogP contribution in [0.15, 0.2) is 42.5 Å². The van der Waals surface area contributed by atoms with Crippen molar-refractivity contribution in [3.8, 4) is 5.75 Å². The molecule has 1 nitrogen and oxygen atoms in total. The monoisotopic (exact) mass is 294 g/mol. The Labute approximate surface area is 124 Å². The molecular weight excluding hydrogens is 279 g/mol. The van der Waals surface area contributed by atoms with Crippen molar-refractivity contribution in [2.24, 2.45) is 0 Å². The van der Waals surface area contributed by atoms with Gasteiger partial charge in [0.05, 0.1) is 12.5 Å². The molecule has 0 heterocycles. The number of methoxy groups -OCH3 is 1. The van der Waals surface area contributed by atoms with Crippen LogP contribution in [0.4, 0.5) is 0 Å². The summed E-state index contributed by atoms with van der Waals surface area (Å²) in [5, 5.41) is 0.706. The highest BCUT2D eigenvalue weighted by atomic mass is 35.5. The molecule has 100 valence electrons. The predicted molar refractivity (Wildman–Crippen MR) is 81.5 cm³/mol. The normalized spacial score (nSPS) is 12.2. The maximum Gasteiger partial charge on any atom is 0.119 e. The first kappa shape index (κ1) is 14.2. The summed E-state index contributed by atoms with van der Waals surface area (Å²) in [5.74, 6) is 0.855. The Hall–Kier alpha value is -1.18. The fraction of sp³-hybridized carbons (Fsp3) is 0.250. The lowest BCUT2D eigenvalue weighted by Gasteiger charge is -2.12. The molecule has 0 aliphatic heterocycles. The van der Waals surface area contributed by atoms with E-state index in [2.05, 4.69) is 6.07 Å². The smallest absolute Gasteiger partial charge is 0.119 e. The van der Waals surface area contributed by atoms with Gasteiger partial charge in [-0.3, -0.25) is 0 Å². The van der Waals surface area contributed by atoms with Crippen molar-refractivity contribution >= 4 is 23.2 Å². The van der Waals surface area contributed by atoms with Gasteiger partial charge in [0.2, 0.25) is 0 Å². The van der Waals surface area contributed by atoms with Gasteiger partial charge in [0.25, 0.3) is 0 Å². The van der Waals surface area contributed by atoms with Gasteiger partial charge in [-0.1, -0.05) is 35.9 Å². The summed E-state index contributed by atoms with van der Waals surface area (Å²) < 4.78 is 5.22. The van der Waals surface area contributed by atoms with E-state index >= 15 is 0 Å². The second kappa shape index (κ2) is 6.31. The highest BCUT2D eigenvalue weighted by Crippen LogP contribution is 2.29. The molecule has 0 saturated heterocycles. The predicted octanol–water partition coefficient (Wildman–Crippen LogP) is 5.18. The summed E-state index contributed by atoms with van der Waals surface area (Å²) in [7, 11) is 1.67. The van der Waals surface area contributed by atoms with Crippen LogP contribution in [0.3, 0.4) is 0 Å². The third-order valence-corrected chi connectivity index (χ3v) is 3.92. The molecule has 1 unspecified atom stereocenters. The molecule has 0 radical (unpaired) electrons. The van der Waals surface area contributed by atoms with Crippen LogP contribution in [0.5, 0.6) is 5.75 Å². The van der Waals surface area contributed by atoms with Gasteiger partial charge >= 0.3 is 0 Å². The van der Waals surface area contributed by atoms with Crippen molar-refractivity contribution in [3.63, 3.8) is 0 Å². The summed E-state index contributed by atoms with van der Waals surface area (Å²) in [6.45, 7) is 1.99. The molecule has 0 bridgehead atoms. The molecule has 2 aromatic carbocycles. The van der Waals surface area contributed by atoms with Crippen molar-refractivity contribution in [2.75, 3.05) is 7.11 Å². The van der Waals surface area contributed by atoms with Crippen LogP contribution >= 0.6 is 23.2 Å². The molecule has 1 atom stereocenters. The largest absolute Gasteiger partial charge is 0.497 e. The topological polar surface area (TPSA) is 9.23 Å². The van der Waals surface area contributed by atoms with Gasteiger partial charge in [-0.15, -0.1) is 11.6 Å². The molecule has 0 fully saturated rings. The van der Waals surface area contributed by atoms with Crippen molar-refractivity contribution < 1.29 is 4.74 Å². The van der Waals surface area contributed by atoms with Crippen molar-refractivity contribution in [1.29, 1.82) is 0 Å². The number of alkyl halides is 1. The highest BCUT2D eigenvalue weighted by molar-refractivity contribution is 6.31. The lowest BCUT2D eigenvalue weighted by molar-refractivity contribution is 0.414. The molecule has 0 spiro atoms. The lowest BCUT2D eigenvalue weighted by atomic mass is 10.0. The number of rotatable bonds is 4. The second-order valence-electron chi connectivity index (χ2n) is 4.53. The Bertz CT molecular complexity index is 566. The SMILES string of the molecule is COc1cccc(CC(Cl)c2ccc(Cl)c(C)c2)c1. The zero-order chi connectivity index (χ0) is 13.8. The molecule has 0 aromatic heterocycles. The van der Waals surface area contributed by atoms with Crippen LogP contribution in [-0.2, 0) is 6.42 Å². The van der Waals surface area contributed by atoms with Gasteiger partial charge in [-0.2, -0.15) is 0 Å². The quantitative estimate of drug-likeness (QED) is 0.706. The Balaban J connectivity index is 2.15. The molecule has 0 amide bonds. The summed E-state index contributed by atoms with van der Waals surface area (Å²) in [6.07, 6.45) is 0.764. The Kier molecular flexibility index (Phi) is 4.73. The Morgan fingerprint density at radius 2 is 1.95 bits per heavy atom. The second-order valence-corrected chi connectivity index (χ2v) is 5.47. The molecule has 19 heavy (non-hydrogen) atoms. The molecule has 3 heteroatoms. The van der Waals surface area contributed by atoms with Crippen LogP contribution in [0.2, 0.25) is 5.02 Å². The molecular formula is C16H16Cl2O. The van der Waals surface area contributed by atoms with E-state index in [-0.39, 0.29) is 5.38 Å². The van der Waals surface area contributed by atoms with Crippen LogP contribution in [0, 0.1) is 6.92 Å². The van der Waals surface area contributed by atoms with Gasteiger partial charge < -0.3 is 4.74 Å². The van der Waals surface area contributed by atoms with Gasteiger partial charge in [0.1, 0.15) is 5.75 Å². The third-order valence-electron chi connectivity index (χ3n) is 3.09. The van der Waals surface area contributed by atoms with Crippen LogP contribution in [0.1, 0.15) is 22.1 Å². The van der Waals surface area contributed by atoms with Crippen LogP contribution < -0.4 is 4.74 Å². The van der Waals surface area contributed by atoms with E-state index in [9.17, 15) is 0 Å². The first-order valence-electron chi connectivity index (χ1n) is 6.13. The minimum Gasteiger partial charge on any atom is -0.497 e. The minimum absolute atomic E-state index is 0.0666. The fourth-order valence-electron chi connectivity index (χ4n) is 1.99. The van der Waals surface area contributed by atoms with E-state index in [1.54, 1.807) is 7.11 Å². The number of benzene rings is 2. The van der Waals surface area contributed by atoms with Crippen LogP contribution in [0.25, 0.3) is 0 Å². The van der Waals surface area contributed by atoms with E-state index in [1.807, 2.05) is 43.3 Å². The number of aryl methyl sites for hydroxylation is 1. The summed E-state index contributed by atoms with van der Waals surface area (Å²) in [4.78, 5) is 0. The molecule has 2 rings (SSSR count). The average molecular weight is 295 g/mol. The molecule has 2 aromatic rings. The highest BCUT2D eigenvalue weighted by Gasteiger charge is 2.10. The summed E-state index contributed by atoms with van der Waals surface area (Å²) in [6, 6.07) is 13.9.